The van der Waals surface area contributed by atoms with E-state index < -0.39 is 23.3 Å². The van der Waals surface area contributed by atoms with E-state index in [4.69, 9.17) is 0 Å². The minimum Gasteiger partial charge on any atom is -0.299 e. The fourth-order valence-corrected chi connectivity index (χ4v) is 2.39. The molecule has 0 bridgehead atoms. The molecular formula is C13H14BrNO4. The van der Waals surface area contributed by atoms with Crippen molar-refractivity contribution in [3.63, 3.8) is 0 Å². The highest BCUT2D eigenvalue weighted by atomic mass is 79.9. The molecule has 0 aliphatic heterocycles. The summed E-state index contributed by atoms with van der Waals surface area (Å²) in [7, 11) is 0. The number of benzene rings is 1. The zero-order valence-corrected chi connectivity index (χ0v) is 12.2. The van der Waals surface area contributed by atoms with Crippen LogP contribution < -0.4 is 0 Å². The molecular weight excluding hydrogens is 314 g/mol. The lowest BCUT2D eigenvalue weighted by Gasteiger charge is -2.20. The van der Waals surface area contributed by atoms with Gasteiger partial charge in [0, 0.05) is 9.40 Å². The first-order chi connectivity index (χ1) is 8.82. The average molecular weight is 328 g/mol. The maximum atomic E-state index is 11.6. The molecule has 0 aromatic heterocycles. The second-order valence-corrected chi connectivity index (χ2v) is 5.29. The number of nitro groups is 1. The van der Waals surface area contributed by atoms with Gasteiger partial charge in [-0.05, 0) is 31.5 Å². The van der Waals surface area contributed by atoms with Crippen molar-refractivity contribution in [1.29, 1.82) is 0 Å². The maximum Gasteiger partial charge on any atom is 0.211 e. The molecule has 1 atom stereocenters. The quantitative estimate of drug-likeness (QED) is 0.457. The van der Waals surface area contributed by atoms with Gasteiger partial charge in [0.2, 0.25) is 6.54 Å². The van der Waals surface area contributed by atoms with Crippen molar-refractivity contribution in [2.75, 3.05) is 6.54 Å². The first-order valence-corrected chi connectivity index (χ1v) is 6.50. The van der Waals surface area contributed by atoms with E-state index in [0.717, 1.165) is 4.47 Å². The zero-order valence-electron chi connectivity index (χ0n) is 10.6. The van der Waals surface area contributed by atoms with Crippen LogP contribution in [0.2, 0.25) is 0 Å². The summed E-state index contributed by atoms with van der Waals surface area (Å²) < 4.78 is 0.832. The lowest BCUT2D eigenvalue weighted by Crippen LogP contribution is -2.31. The van der Waals surface area contributed by atoms with Crippen LogP contribution >= 0.6 is 15.9 Å². The molecule has 6 heteroatoms. The summed E-state index contributed by atoms with van der Waals surface area (Å²) in [5, 5.41) is 10.8. The number of rotatable bonds is 6. The number of carbonyl (C=O) groups excluding carboxylic acids is 2. The van der Waals surface area contributed by atoms with Crippen molar-refractivity contribution in [3.8, 4) is 0 Å². The molecule has 1 aromatic rings. The van der Waals surface area contributed by atoms with E-state index in [0.29, 0.717) is 5.56 Å². The molecule has 0 unspecified atom stereocenters. The van der Waals surface area contributed by atoms with Gasteiger partial charge >= 0.3 is 0 Å². The fourth-order valence-electron chi connectivity index (χ4n) is 2.13. The number of nitrogens with zero attached hydrogens (tertiary/aromatic N) is 1. The van der Waals surface area contributed by atoms with Crippen LogP contribution in [0.1, 0.15) is 25.3 Å². The van der Waals surface area contributed by atoms with Crippen molar-refractivity contribution < 1.29 is 14.5 Å². The van der Waals surface area contributed by atoms with Gasteiger partial charge in [-0.15, -0.1) is 0 Å². The van der Waals surface area contributed by atoms with Gasteiger partial charge < -0.3 is 0 Å². The molecule has 0 radical (unpaired) electrons. The van der Waals surface area contributed by atoms with Crippen LogP contribution in [-0.2, 0) is 9.59 Å². The Balaban J connectivity index is 3.19. The van der Waals surface area contributed by atoms with E-state index in [1.165, 1.54) is 13.8 Å². The summed E-state index contributed by atoms with van der Waals surface area (Å²) in [4.78, 5) is 33.5. The molecule has 102 valence electrons. The normalized spacial score (nSPS) is 12.2. The smallest absolute Gasteiger partial charge is 0.211 e. The van der Waals surface area contributed by atoms with Gasteiger partial charge in [0.15, 0.2) is 0 Å². The Morgan fingerprint density at radius 3 is 2.05 bits per heavy atom. The highest BCUT2D eigenvalue weighted by Gasteiger charge is 2.34. The van der Waals surface area contributed by atoms with Crippen molar-refractivity contribution >= 4 is 27.5 Å². The number of hydrogen-bond donors (Lipinski definition) is 0. The fraction of sp³-hybridized carbons (Fsp3) is 0.385. The third kappa shape index (κ3) is 4.24. The number of ketones is 2. The predicted molar refractivity (Wildman–Crippen MR) is 73.6 cm³/mol. The molecule has 1 aromatic carbocycles. The predicted octanol–water partition coefficient (Wildman–Crippen LogP) is 2.60. The number of carbonyl (C=O) groups is 2. The molecule has 19 heavy (non-hydrogen) atoms. The van der Waals surface area contributed by atoms with Crippen molar-refractivity contribution in [1.82, 2.24) is 0 Å². The molecule has 0 amide bonds. The Bertz CT molecular complexity index is 484. The van der Waals surface area contributed by atoms with Crippen LogP contribution in [0.5, 0.6) is 0 Å². The summed E-state index contributed by atoms with van der Waals surface area (Å²) in [5.74, 6) is -2.38. The molecule has 0 spiro atoms. The summed E-state index contributed by atoms with van der Waals surface area (Å²) in [5.41, 5.74) is 0.621. The molecule has 0 fully saturated rings. The molecule has 5 nitrogen and oxygen atoms in total. The summed E-state index contributed by atoms with van der Waals surface area (Å²) in [6, 6.07) is 6.85. The van der Waals surface area contributed by atoms with Crippen LogP contribution in [0.25, 0.3) is 0 Å². The topological polar surface area (TPSA) is 77.3 Å². The van der Waals surface area contributed by atoms with Crippen molar-refractivity contribution in [2.45, 2.75) is 19.8 Å². The van der Waals surface area contributed by atoms with E-state index in [2.05, 4.69) is 15.9 Å². The van der Waals surface area contributed by atoms with Gasteiger partial charge in [-0.2, -0.15) is 0 Å². The highest BCUT2D eigenvalue weighted by molar-refractivity contribution is 9.10. The molecule has 0 heterocycles. The first kappa shape index (κ1) is 15.5. The highest BCUT2D eigenvalue weighted by Crippen LogP contribution is 2.28. The van der Waals surface area contributed by atoms with E-state index in [1.807, 2.05) is 0 Å². The maximum absolute atomic E-state index is 11.6. The molecule has 0 aliphatic rings. The Labute approximate surface area is 119 Å². The van der Waals surface area contributed by atoms with Crippen LogP contribution in [-0.4, -0.2) is 23.0 Å². The summed E-state index contributed by atoms with van der Waals surface area (Å²) >= 11 is 3.27. The van der Waals surface area contributed by atoms with Crippen LogP contribution in [0, 0.1) is 16.0 Å². The second kappa shape index (κ2) is 6.56. The molecule has 1 rings (SSSR count). The van der Waals surface area contributed by atoms with Crippen molar-refractivity contribution in [2.24, 2.45) is 5.92 Å². The Kier molecular flexibility index (Phi) is 5.35. The Hall–Kier alpha value is -1.56. The molecule has 0 N–H and O–H groups in total. The minimum absolute atomic E-state index is 0.345. The summed E-state index contributed by atoms with van der Waals surface area (Å²) in [6.45, 7) is 2.14. The standard InChI is InChI=1S/C13H14BrNO4/c1-8(16)13(9(2)17)12(7-15(18)19)10-3-5-11(14)6-4-10/h3-6,12-13H,7H2,1-2H3/t12-/m1/s1. The second-order valence-electron chi connectivity index (χ2n) is 4.37. The largest absolute Gasteiger partial charge is 0.299 e. The molecule has 0 aliphatic carbocycles. The number of halogens is 1. The monoisotopic (exact) mass is 327 g/mol. The van der Waals surface area contributed by atoms with Gasteiger partial charge in [0.1, 0.15) is 11.6 Å². The third-order valence-electron chi connectivity index (χ3n) is 2.92. The van der Waals surface area contributed by atoms with Crippen molar-refractivity contribution in [3.05, 3.63) is 44.4 Å². The zero-order chi connectivity index (χ0) is 14.6. The number of Topliss-reactive ketones (excluding diaryl/α,β-unsaturated/α-hetero) is 2. The van der Waals surface area contributed by atoms with Gasteiger partial charge in [0.25, 0.3) is 0 Å². The summed E-state index contributed by atoms with van der Waals surface area (Å²) in [6.07, 6.45) is 0. The first-order valence-electron chi connectivity index (χ1n) is 5.71. The Morgan fingerprint density at radius 1 is 1.21 bits per heavy atom. The van der Waals surface area contributed by atoms with E-state index in [1.54, 1.807) is 24.3 Å². The van der Waals surface area contributed by atoms with Gasteiger partial charge in [-0.25, -0.2) is 0 Å². The van der Waals surface area contributed by atoms with Gasteiger partial charge in [-0.3, -0.25) is 19.7 Å². The minimum atomic E-state index is -0.966. The molecule has 0 saturated heterocycles. The van der Waals surface area contributed by atoms with Crippen LogP contribution in [0.3, 0.4) is 0 Å². The molecule has 0 saturated carbocycles. The van der Waals surface area contributed by atoms with Gasteiger partial charge in [0.05, 0.1) is 11.8 Å². The number of hydrogen-bond acceptors (Lipinski definition) is 4. The SMILES string of the molecule is CC(=O)C(C(C)=O)[C@H](C[N+](=O)[O-])c1ccc(Br)cc1. The van der Waals surface area contributed by atoms with E-state index in [9.17, 15) is 19.7 Å². The van der Waals surface area contributed by atoms with Gasteiger partial charge in [-0.1, -0.05) is 28.1 Å². The average Bonchev–Trinajstić information content (AvgIpc) is 2.27. The van der Waals surface area contributed by atoms with E-state index in [-0.39, 0.29) is 11.6 Å². The lowest BCUT2D eigenvalue weighted by atomic mass is 9.81. The Morgan fingerprint density at radius 2 is 1.68 bits per heavy atom. The van der Waals surface area contributed by atoms with Crippen LogP contribution in [0.15, 0.2) is 28.7 Å². The van der Waals surface area contributed by atoms with Crippen LogP contribution in [0.4, 0.5) is 0 Å². The lowest BCUT2D eigenvalue weighted by molar-refractivity contribution is -0.484. The van der Waals surface area contributed by atoms with E-state index >= 15 is 0 Å². The third-order valence-corrected chi connectivity index (χ3v) is 3.45.